The van der Waals surface area contributed by atoms with Crippen molar-refractivity contribution in [3.8, 4) is 0 Å². The SMILES string of the molecule is CC(=O)O[C@@]12CO[C@@H]1C[C@H](O)[C@@]1(C)[C@H](O)[C@H](O)C3[C@H](C)[C@]4(OC(=O)[C@H](OC(=O)CCC/C(C)=N/N)[C@@H](NC(=O)OC(C)(C)C)c5ccccc5)C[C@@](O)([C@@H](OC(=O)c5ccccc5)[C@H]21)[C@@]34C. The first-order valence-electron chi connectivity index (χ1n) is 22.5. The van der Waals surface area contributed by atoms with Gasteiger partial charge in [-0.15, -0.1) is 0 Å². The molecule has 7 N–H and O–H groups in total. The number of aliphatic hydroxyl groups is 4. The van der Waals surface area contributed by atoms with Crippen LogP contribution in [0.2, 0.25) is 0 Å². The van der Waals surface area contributed by atoms with Crippen LogP contribution in [-0.4, -0.2) is 122 Å². The molecule has 1 aliphatic heterocycles. The van der Waals surface area contributed by atoms with E-state index in [4.69, 9.17) is 34.3 Å². The molecule has 18 nitrogen and oxygen atoms in total. The summed E-state index contributed by atoms with van der Waals surface area (Å²) < 4.78 is 36.4. The lowest BCUT2D eigenvalue weighted by atomic mass is 9.25. The molecule has 2 aromatic rings. The van der Waals surface area contributed by atoms with Crippen molar-refractivity contribution in [2.45, 2.75) is 153 Å². The monoisotopic (exact) mass is 921 g/mol. The fraction of sp³-hybridized carbons (Fsp3) is 0.625. The third kappa shape index (κ3) is 7.71. The molecule has 0 aromatic heterocycles. The van der Waals surface area contributed by atoms with E-state index < -0.39 is 130 Å². The Morgan fingerprint density at radius 3 is 2.17 bits per heavy atom. The van der Waals surface area contributed by atoms with Gasteiger partial charge in [-0.1, -0.05) is 69.3 Å². The molecule has 5 aliphatic rings. The van der Waals surface area contributed by atoms with Gasteiger partial charge in [-0.3, -0.25) is 9.59 Å². The summed E-state index contributed by atoms with van der Waals surface area (Å²) in [4.78, 5) is 69.5. The van der Waals surface area contributed by atoms with Gasteiger partial charge in [0.05, 0.1) is 36.4 Å². The summed E-state index contributed by atoms with van der Waals surface area (Å²) in [5.41, 5.74) is -9.11. The Bertz CT molecular complexity index is 2220. The van der Waals surface area contributed by atoms with E-state index in [0.29, 0.717) is 17.7 Å². The second kappa shape index (κ2) is 17.5. The maximum Gasteiger partial charge on any atom is 0.408 e. The lowest BCUT2D eigenvalue weighted by Crippen LogP contribution is -2.95. The average Bonchev–Trinajstić information content (AvgIpc) is 3.26. The normalized spacial score (nSPS) is 37.4. The standard InChI is InChI=1S/C48H63N3O15/c1-25(51-49)16-15-21-32(54)62-36(34(28-17-11-9-12-18-28)50-42(59)66-43(4,5)6)41(58)65-48-23-47(60)39(63-40(57)29-19-13-10-14-20-29)37-44(7,38(56)35(55)33(26(48)2)45(47,48)8)30(53)22-31-46(37,24-61-31)64-27(3)52/h9-14,17-20,26,30-31,33-39,53,55-56,60H,15-16,21-24,49H2,1-8H3,(H,50,59)/b51-25+/t26-,30-,31+,33?,34-,35+,36+,37-,38+,39-,44+,45+,46-,47+,48+/m0/s1. The van der Waals surface area contributed by atoms with Crippen LogP contribution >= 0.6 is 0 Å². The predicted molar refractivity (Wildman–Crippen MR) is 233 cm³/mol. The van der Waals surface area contributed by atoms with E-state index in [1.54, 1.807) is 90.1 Å². The predicted octanol–water partition coefficient (Wildman–Crippen LogP) is 3.41. The second-order valence-corrected chi connectivity index (χ2v) is 20.2. The summed E-state index contributed by atoms with van der Waals surface area (Å²) in [5.74, 6) is -1.52. The number of rotatable bonds is 13. The number of aliphatic hydroxyl groups excluding tert-OH is 3. The number of benzene rings is 2. The molecular formula is C48H63N3O15. The van der Waals surface area contributed by atoms with Crippen LogP contribution in [0.1, 0.15) is 109 Å². The molecule has 18 heteroatoms. The first kappa shape index (κ1) is 48.8. The van der Waals surface area contributed by atoms with E-state index in [2.05, 4.69) is 10.4 Å². The Hall–Kier alpha value is -5.14. The Labute approximate surface area is 383 Å². The van der Waals surface area contributed by atoms with Crippen LogP contribution in [0, 0.1) is 28.6 Å². The molecule has 0 radical (unpaired) electrons. The fourth-order valence-electron chi connectivity index (χ4n) is 12.1. The van der Waals surface area contributed by atoms with E-state index in [0.717, 1.165) is 0 Å². The fourth-order valence-corrected chi connectivity index (χ4v) is 12.1. The first-order valence-corrected chi connectivity index (χ1v) is 22.5. The molecule has 4 saturated carbocycles. The number of alkyl carbamates (subject to hydrolysis) is 1. The largest absolute Gasteiger partial charge is 0.455 e. The zero-order chi connectivity index (χ0) is 48.4. The molecule has 360 valence electrons. The number of nitrogens with one attached hydrogen (secondary N) is 1. The van der Waals surface area contributed by atoms with Crippen LogP contribution in [0.15, 0.2) is 65.8 Å². The summed E-state index contributed by atoms with van der Waals surface area (Å²) in [6, 6.07) is 14.8. The second-order valence-electron chi connectivity index (χ2n) is 20.2. The number of carbonyl (C=O) groups excluding carboxylic acids is 5. The number of hydrazone groups is 1. The molecule has 4 aliphatic carbocycles. The molecule has 2 aromatic carbocycles. The number of amides is 1. The average molecular weight is 922 g/mol. The zero-order valence-corrected chi connectivity index (χ0v) is 38.6. The van der Waals surface area contributed by atoms with Crippen LogP contribution in [0.3, 0.4) is 0 Å². The van der Waals surface area contributed by atoms with Crippen LogP contribution in [-0.2, 0) is 42.8 Å². The van der Waals surface area contributed by atoms with Crippen LogP contribution in [0.4, 0.5) is 4.79 Å². The van der Waals surface area contributed by atoms with Gasteiger partial charge in [-0.25, -0.2) is 14.4 Å². The van der Waals surface area contributed by atoms with Gasteiger partial charge >= 0.3 is 30.0 Å². The number of fused-ring (bicyclic) bond motifs is 3. The number of ether oxygens (including phenoxy) is 6. The third-order valence-electron chi connectivity index (χ3n) is 15.4. The summed E-state index contributed by atoms with van der Waals surface area (Å²) in [6.07, 6.45) is -10.5. The van der Waals surface area contributed by atoms with Gasteiger partial charge < -0.3 is 60.0 Å². The highest BCUT2D eigenvalue weighted by atomic mass is 16.6. The molecule has 1 unspecified atom stereocenters. The minimum Gasteiger partial charge on any atom is -0.455 e. The Morgan fingerprint density at radius 1 is 0.955 bits per heavy atom. The minimum absolute atomic E-state index is 0.102. The highest BCUT2D eigenvalue weighted by Crippen LogP contribution is 2.80. The van der Waals surface area contributed by atoms with Crippen molar-refractivity contribution < 1.29 is 72.8 Å². The molecule has 7 rings (SSSR count). The third-order valence-corrected chi connectivity index (χ3v) is 15.4. The Balaban J connectivity index is 1.33. The molecular weight excluding hydrogens is 859 g/mol. The van der Waals surface area contributed by atoms with E-state index in [-0.39, 0.29) is 31.4 Å². The highest BCUT2D eigenvalue weighted by molar-refractivity contribution is 5.89. The lowest BCUT2D eigenvalue weighted by molar-refractivity contribution is -0.465. The summed E-state index contributed by atoms with van der Waals surface area (Å²) >= 11 is 0. The van der Waals surface area contributed by atoms with E-state index in [1.807, 2.05) is 0 Å². The number of nitrogens with two attached hydrogens (primary N) is 1. The number of nitrogens with zero attached hydrogens (tertiary/aromatic N) is 1. The van der Waals surface area contributed by atoms with Crippen LogP contribution < -0.4 is 11.2 Å². The van der Waals surface area contributed by atoms with Crippen molar-refractivity contribution in [2.75, 3.05) is 6.61 Å². The van der Waals surface area contributed by atoms with Crippen molar-refractivity contribution in [3.05, 3.63) is 71.8 Å². The van der Waals surface area contributed by atoms with Crippen LogP contribution in [0.5, 0.6) is 0 Å². The summed E-state index contributed by atoms with van der Waals surface area (Å²) in [6.45, 7) is 12.3. The van der Waals surface area contributed by atoms with E-state index in [9.17, 15) is 39.6 Å². The first-order chi connectivity index (χ1) is 30.9. The van der Waals surface area contributed by atoms with Crippen molar-refractivity contribution in [1.29, 1.82) is 0 Å². The number of hydrogen-bond donors (Lipinski definition) is 6. The lowest BCUT2D eigenvalue weighted by Gasteiger charge is -2.83. The quantitative estimate of drug-likeness (QED) is 0.0552. The molecule has 0 spiro atoms. The molecule has 1 amide bonds. The number of esters is 4. The maximum absolute atomic E-state index is 15.1. The van der Waals surface area contributed by atoms with Gasteiger partial charge in [-0.05, 0) is 58.2 Å². The minimum atomic E-state index is -2.23. The smallest absolute Gasteiger partial charge is 0.408 e. The molecule has 66 heavy (non-hydrogen) atoms. The van der Waals surface area contributed by atoms with Gasteiger partial charge in [0.1, 0.15) is 35.1 Å². The highest BCUT2D eigenvalue weighted by Gasteiger charge is 2.92. The van der Waals surface area contributed by atoms with Gasteiger partial charge in [0.15, 0.2) is 5.60 Å². The molecule has 15 atom stereocenters. The summed E-state index contributed by atoms with van der Waals surface area (Å²) in [5, 5.41) is 56.7. The van der Waals surface area contributed by atoms with Crippen molar-refractivity contribution in [3.63, 3.8) is 0 Å². The van der Waals surface area contributed by atoms with E-state index in [1.165, 1.54) is 26.0 Å². The van der Waals surface area contributed by atoms with Crippen molar-refractivity contribution in [1.82, 2.24) is 5.32 Å². The molecule has 5 fully saturated rings. The van der Waals surface area contributed by atoms with Crippen molar-refractivity contribution in [2.24, 2.45) is 39.5 Å². The Kier molecular flexibility index (Phi) is 12.9. The molecule has 1 heterocycles. The van der Waals surface area contributed by atoms with Crippen LogP contribution in [0.25, 0.3) is 0 Å². The van der Waals surface area contributed by atoms with Gasteiger partial charge in [0, 0.05) is 54.6 Å². The zero-order valence-electron chi connectivity index (χ0n) is 38.6. The van der Waals surface area contributed by atoms with Gasteiger partial charge in [-0.2, -0.15) is 5.10 Å². The Morgan fingerprint density at radius 2 is 1.59 bits per heavy atom. The van der Waals surface area contributed by atoms with E-state index >= 15 is 4.79 Å². The maximum atomic E-state index is 15.1. The van der Waals surface area contributed by atoms with Gasteiger partial charge in [0.2, 0.25) is 6.10 Å². The number of carbonyl (C=O) groups is 5. The van der Waals surface area contributed by atoms with Crippen molar-refractivity contribution >= 4 is 35.7 Å². The molecule has 1 saturated heterocycles. The topological polar surface area (TPSA) is 272 Å². The van der Waals surface area contributed by atoms with Gasteiger partial charge in [0.25, 0.3) is 0 Å². The number of hydrogen-bond acceptors (Lipinski definition) is 17. The summed E-state index contributed by atoms with van der Waals surface area (Å²) in [7, 11) is 0. The molecule has 0 bridgehead atoms.